The second-order valence-corrected chi connectivity index (χ2v) is 11.0. The maximum absolute atomic E-state index is 14.3. The van der Waals surface area contributed by atoms with Crippen LogP contribution in [0, 0.1) is 5.41 Å². The zero-order valence-corrected chi connectivity index (χ0v) is 20.7. The third kappa shape index (κ3) is 4.30. The van der Waals surface area contributed by atoms with E-state index in [-0.39, 0.29) is 10.8 Å². The lowest BCUT2D eigenvalue weighted by Crippen LogP contribution is -2.47. The second kappa shape index (κ2) is 9.04. The molecule has 0 amide bonds. The van der Waals surface area contributed by atoms with Crippen LogP contribution in [-0.4, -0.2) is 26.8 Å². The smallest absolute Gasteiger partial charge is 0.399 e. The van der Waals surface area contributed by atoms with Crippen LogP contribution in [0.25, 0.3) is 0 Å². The van der Waals surface area contributed by atoms with Crippen LogP contribution >= 0.6 is 0 Å². The highest BCUT2D eigenvalue weighted by Gasteiger charge is 2.54. The number of aromatic nitrogens is 2. The molecule has 0 spiro atoms. The lowest BCUT2D eigenvalue weighted by atomic mass is 9.78. The molecule has 3 aromatic carbocycles. The van der Waals surface area contributed by atoms with Crippen molar-refractivity contribution in [2.45, 2.75) is 30.1 Å². The van der Waals surface area contributed by atoms with E-state index in [0.717, 1.165) is 28.3 Å². The quantitative estimate of drug-likeness (QED) is 0.347. The summed E-state index contributed by atoms with van der Waals surface area (Å²) < 4.78 is 66.6. The summed E-state index contributed by atoms with van der Waals surface area (Å²) in [6.45, 7) is -0.0683. The summed E-state index contributed by atoms with van der Waals surface area (Å²) in [7, 11) is -3.75. The van der Waals surface area contributed by atoms with Crippen molar-refractivity contribution in [2.24, 2.45) is 14.9 Å². The van der Waals surface area contributed by atoms with Crippen LogP contribution in [0.1, 0.15) is 23.6 Å². The molecule has 2 N–H and O–H groups in total. The Hall–Kier alpha value is -3.63. The van der Waals surface area contributed by atoms with Crippen LogP contribution in [0.5, 0.6) is 5.88 Å². The Morgan fingerprint density at radius 2 is 1.38 bits per heavy atom. The van der Waals surface area contributed by atoms with Crippen molar-refractivity contribution < 1.29 is 22.1 Å². The minimum atomic E-state index is -4.51. The number of nitrogens with two attached hydrogens (primary N) is 1. The number of rotatable bonds is 5. The molecule has 2 unspecified atom stereocenters. The van der Waals surface area contributed by atoms with Crippen molar-refractivity contribution in [1.82, 2.24) is 9.78 Å². The Bertz CT molecular complexity index is 1420. The first-order valence-electron chi connectivity index (χ1n) is 11.5. The Labute approximate surface area is 213 Å². The molecule has 0 aliphatic carbocycles. The molecular formula is C27H25F3N4O2S. The minimum Gasteiger partial charge on any atom is -0.476 e. The SMILES string of the molecule is CC1(C(F)(F)F)COc2c(S(N)(=O)=NC(c3ccccc3)(c3ccccc3)c3ccccc3)cnn2C1. The van der Waals surface area contributed by atoms with Crippen molar-refractivity contribution in [3.05, 3.63) is 114 Å². The van der Waals surface area contributed by atoms with Gasteiger partial charge in [0.15, 0.2) is 0 Å². The lowest BCUT2D eigenvalue weighted by Gasteiger charge is -2.36. The number of ether oxygens (including phenoxy) is 1. The van der Waals surface area contributed by atoms with Crippen LogP contribution in [0.2, 0.25) is 0 Å². The zero-order valence-electron chi connectivity index (χ0n) is 19.9. The van der Waals surface area contributed by atoms with E-state index in [0.29, 0.717) is 0 Å². The van der Waals surface area contributed by atoms with E-state index in [1.807, 2.05) is 91.0 Å². The highest BCUT2D eigenvalue weighted by atomic mass is 32.2. The first kappa shape index (κ1) is 25.0. The molecule has 1 aliphatic heterocycles. The summed E-state index contributed by atoms with van der Waals surface area (Å²) in [5.41, 5.74) is -1.27. The Kier molecular flexibility index (Phi) is 6.12. The van der Waals surface area contributed by atoms with E-state index in [2.05, 4.69) is 5.10 Å². The van der Waals surface area contributed by atoms with Crippen LogP contribution < -0.4 is 9.88 Å². The predicted octanol–water partition coefficient (Wildman–Crippen LogP) is 5.54. The van der Waals surface area contributed by atoms with Gasteiger partial charge in [-0.15, -0.1) is 0 Å². The number of hydrogen-bond donors (Lipinski definition) is 1. The molecule has 0 saturated carbocycles. The molecule has 5 rings (SSSR count). The summed E-state index contributed by atoms with van der Waals surface area (Å²) in [4.78, 5) is -0.0520. The second-order valence-electron chi connectivity index (χ2n) is 9.29. The average Bonchev–Trinajstić information content (AvgIpc) is 3.32. The van der Waals surface area contributed by atoms with Crippen molar-refractivity contribution >= 4 is 9.92 Å². The molecule has 4 aromatic rings. The number of hydrogen-bond acceptors (Lipinski definition) is 4. The highest BCUT2D eigenvalue weighted by Crippen LogP contribution is 2.46. The van der Waals surface area contributed by atoms with Gasteiger partial charge in [-0.25, -0.2) is 14.0 Å². The molecule has 0 radical (unpaired) electrons. The fraction of sp³-hybridized carbons (Fsp3) is 0.222. The van der Waals surface area contributed by atoms with E-state index in [4.69, 9.17) is 14.2 Å². The number of alkyl halides is 3. The van der Waals surface area contributed by atoms with Gasteiger partial charge in [0, 0.05) is 0 Å². The first-order valence-corrected chi connectivity index (χ1v) is 13.1. The van der Waals surface area contributed by atoms with E-state index < -0.39 is 40.2 Å². The minimum absolute atomic E-state index is 0.0520. The van der Waals surface area contributed by atoms with Crippen molar-refractivity contribution in [3.8, 4) is 5.88 Å². The van der Waals surface area contributed by atoms with E-state index in [1.54, 1.807) is 0 Å². The van der Waals surface area contributed by atoms with Crippen LogP contribution in [0.15, 0.2) is 106 Å². The molecule has 1 aliphatic rings. The van der Waals surface area contributed by atoms with Gasteiger partial charge in [0.25, 0.3) is 0 Å². The van der Waals surface area contributed by atoms with Crippen molar-refractivity contribution in [1.29, 1.82) is 0 Å². The van der Waals surface area contributed by atoms with Gasteiger partial charge in [-0.3, -0.25) is 0 Å². The van der Waals surface area contributed by atoms with E-state index in [1.165, 1.54) is 6.20 Å². The first-order chi connectivity index (χ1) is 17.6. The number of fused-ring (bicyclic) bond motifs is 1. The Morgan fingerprint density at radius 1 is 0.919 bits per heavy atom. The molecule has 1 aromatic heterocycles. The summed E-state index contributed by atoms with van der Waals surface area (Å²) in [6.07, 6.45) is -3.32. The predicted molar refractivity (Wildman–Crippen MR) is 134 cm³/mol. The molecule has 0 saturated heterocycles. The fourth-order valence-corrected chi connectivity index (χ4v) is 5.97. The molecule has 0 bridgehead atoms. The van der Waals surface area contributed by atoms with Gasteiger partial charge in [-0.05, 0) is 23.6 Å². The Balaban J connectivity index is 1.75. The fourth-order valence-electron chi connectivity index (χ4n) is 4.54. The van der Waals surface area contributed by atoms with Gasteiger partial charge in [-0.2, -0.15) is 22.6 Å². The van der Waals surface area contributed by atoms with E-state index >= 15 is 0 Å². The molecule has 6 nitrogen and oxygen atoms in total. The summed E-state index contributed by atoms with van der Waals surface area (Å²) in [6, 6.07) is 28.0. The van der Waals surface area contributed by atoms with Crippen LogP contribution in [0.4, 0.5) is 13.2 Å². The summed E-state index contributed by atoms with van der Waals surface area (Å²) in [5.74, 6) is -0.0685. The largest absolute Gasteiger partial charge is 0.476 e. The third-order valence-electron chi connectivity index (χ3n) is 6.63. The van der Waals surface area contributed by atoms with Gasteiger partial charge < -0.3 is 4.74 Å². The third-order valence-corrected chi connectivity index (χ3v) is 8.09. The average molecular weight is 527 g/mol. The zero-order chi connectivity index (χ0) is 26.3. The molecule has 2 atom stereocenters. The highest BCUT2D eigenvalue weighted by molar-refractivity contribution is 7.91. The maximum Gasteiger partial charge on any atom is 0.399 e. The van der Waals surface area contributed by atoms with Crippen LogP contribution in [0.3, 0.4) is 0 Å². The molecule has 2 heterocycles. The number of benzene rings is 3. The van der Waals surface area contributed by atoms with Crippen LogP contribution in [-0.2, 0) is 22.0 Å². The maximum atomic E-state index is 14.3. The lowest BCUT2D eigenvalue weighted by molar-refractivity contribution is -0.238. The summed E-state index contributed by atoms with van der Waals surface area (Å²) >= 11 is 0. The molecule has 37 heavy (non-hydrogen) atoms. The van der Waals surface area contributed by atoms with Crippen molar-refractivity contribution in [3.63, 3.8) is 0 Å². The standard InChI is InChI=1S/C27H25F3N4O2S/c1-25(27(28,29)30)18-34-24(36-19-25)23(17-32-34)37(31,35)33-26(20-11-5-2-6-12-20,21-13-7-3-8-14-21)22-15-9-4-10-16-22/h2-17H,18-19H2,1H3,(H2,31,33,35). The summed E-state index contributed by atoms with van der Waals surface area (Å²) in [5, 5.41) is 10.5. The van der Waals surface area contributed by atoms with Gasteiger partial charge in [-0.1, -0.05) is 91.0 Å². The van der Waals surface area contributed by atoms with E-state index in [9.17, 15) is 17.4 Å². The molecule has 10 heteroatoms. The molecule has 0 fully saturated rings. The number of nitrogens with zero attached hydrogens (tertiary/aromatic N) is 3. The molecule has 192 valence electrons. The topological polar surface area (TPSA) is 82.5 Å². The Morgan fingerprint density at radius 3 is 1.81 bits per heavy atom. The van der Waals surface area contributed by atoms with Gasteiger partial charge in [0.2, 0.25) is 5.88 Å². The van der Waals surface area contributed by atoms with Crippen molar-refractivity contribution in [2.75, 3.05) is 6.61 Å². The normalized spacial score (nSPS) is 19.4. The van der Waals surface area contributed by atoms with Gasteiger partial charge in [0.1, 0.15) is 32.4 Å². The molecular weight excluding hydrogens is 501 g/mol. The van der Waals surface area contributed by atoms with Gasteiger partial charge in [0.05, 0.1) is 12.7 Å². The monoisotopic (exact) mass is 526 g/mol. The number of halogens is 3. The van der Waals surface area contributed by atoms with Gasteiger partial charge >= 0.3 is 6.18 Å².